The molecule has 29 heavy (non-hydrogen) atoms. The molecule has 4 aliphatic carbocycles. The molecule has 3 nitrogen and oxygen atoms in total. The van der Waals surface area contributed by atoms with E-state index in [-0.39, 0.29) is 17.5 Å². The number of benzene rings is 2. The number of fused-ring (bicyclic) bond motifs is 2. The summed E-state index contributed by atoms with van der Waals surface area (Å²) in [4.78, 5) is 19.7. The van der Waals surface area contributed by atoms with E-state index in [4.69, 9.17) is 0 Å². The lowest BCUT2D eigenvalue weighted by molar-refractivity contribution is -0.0806. The summed E-state index contributed by atoms with van der Waals surface area (Å²) in [6, 6.07) is 16.9. The normalized spacial score (nSPS) is 34.9. The maximum Gasteiger partial charge on any atom is 0.255 e. The third-order valence-corrected chi connectivity index (χ3v) is 8.40. The van der Waals surface area contributed by atoms with E-state index in [1.807, 2.05) is 12.1 Å². The van der Waals surface area contributed by atoms with Gasteiger partial charge in [-0.3, -0.25) is 4.79 Å². The number of para-hydroxylation sites is 1. The molecule has 1 aliphatic heterocycles. The van der Waals surface area contributed by atoms with Crippen molar-refractivity contribution in [3.63, 3.8) is 0 Å². The van der Waals surface area contributed by atoms with E-state index in [0.717, 1.165) is 28.8 Å². The van der Waals surface area contributed by atoms with Gasteiger partial charge in [0.25, 0.3) is 5.91 Å². The molecule has 3 heteroatoms. The fourth-order valence-electron chi connectivity index (χ4n) is 7.79. The van der Waals surface area contributed by atoms with Crippen LogP contribution in [0, 0.1) is 17.8 Å². The van der Waals surface area contributed by atoms with Crippen LogP contribution in [0.4, 0.5) is 0 Å². The van der Waals surface area contributed by atoms with Gasteiger partial charge in [0.1, 0.15) is 0 Å². The third kappa shape index (κ3) is 2.11. The fourth-order valence-corrected chi connectivity index (χ4v) is 7.79. The Morgan fingerprint density at radius 2 is 1.48 bits per heavy atom. The Morgan fingerprint density at radius 3 is 2.24 bits per heavy atom. The topological polar surface area (TPSA) is 36.1 Å². The lowest BCUT2D eigenvalue weighted by atomic mass is 9.52. The van der Waals surface area contributed by atoms with E-state index in [0.29, 0.717) is 0 Å². The molecule has 5 aliphatic rings. The van der Waals surface area contributed by atoms with Crippen molar-refractivity contribution in [2.75, 3.05) is 0 Å². The first-order valence-electron chi connectivity index (χ1n) is 11.2. The van der Waals surface area contributed by atoms with Gasteiger partial charge in [0.2, 0.25) is 0 Å². The molecule has 4 fully saturated rings. The summed E-state index contributed by atoms with van der Waals surface area (Å²) in [5.74, 6) is 2.72. The second-order valence-corrected chi connectivity index (χ2v) is 10.1. The molecule has 2 heterocycles. The van der Waals surface area contributed by atoms with Crippen LogP contribution in [-0.4, -0.2) is 21.3 Å². The van der Waals surface area contributed by atoms with Gasteiger partial charge in [-0.15, -0.1) is 0 Å². The molecule has 1 N–H and O–H groups in total. The van der Waals surface area contributed by atoms with Crippen molar-refractivity contribution in [2.24, 2.45) is 17.8 Å². The van der Waals surface area contributed by atoms with Crippen molar-refractivity contribution in [1.82, 2.24) is 9.88 Å². The zero-order chi connectivity index (χ0) is 19.2. The number of carbonyl (C=O) groups is 1. The number of hydrogen-bond acceptors (Lipinski definition) is 1. The third-order valence-electron chi connectivity index (χ3n) is 8.40. The lowest BCUT2D eigenvalue weighted by Gasteiger charge is -2.60. The predicted octanol–water partition coefficient (Wildman–Crippen LogP) is 5.68. The van der Waals surface area contributed by atoms with Gasteiger partial charge in [-0.2, -0.15) is 0 Å². The molecule has 0 radical (unpaired) electrons. The molecule has 1 atom stereocenters. The Bertz CT molecular complexity index is 1110. The van der Waals surface area contributed by atoms with Crippen LogP contribution in [0.1, 0.15) is 66.1 Å². The van der Waals surface area contributed by atoms with Crippen molar-refractivity contribution in [2.45, 2.75) is 50.1 Å². The number of nitrogens with zero attached hydrogens (tertiary/aromatic N) is 1. The first-order valence-corrected chi connectivity index (χ1v) is 11.2. The molecular formula is C26H26N2O. The van der Waals surface area contributed by atoms with Crippen molar-refractivity contribution >= 4 is 16.8 Å². The summed E-state index contributed by atoms with van der Waals surface area (Å²) in [6.45, 7) is 0. The molecule has 1 aromatic heterocycles. The van der Waals surface area contributed by atoms with Gasteiger partial charge < -0.3 is 9.88 Å². The van der Waals surface area contributed by atoms with E-state index in [2.05, 4.69) is 52.5 Å². The van der Waals surface area contributed by atoms with E-state index >= 15 is 0 Å². The molecule has 4 saturated carbocycles. The average Bonchev–Trinajstić information content (AvgIpc) is 3.26. The van der Waals surface area contributed by atoms with Crippen LogP contribution in [0.3, 0.4) is 0 Å². The van der Waals surface area contributed by atoms with Gasteiger partial charge in [0.05, 0.1) is 6.04 Å². The molecule has 3 aromatic rings. The predicted molar refractivity (Wildman–Crippen MR) is 114 cm³/mol. The second kappa shape index (κ2) is 5.53. The summed E-state index contributed by atoms with van der Waals surface area (Å²) in [5.41, 5.74) is 4.57. The number of aromatic amines is 1. The highest BCUT2D eigenvalue weighted by molar-refractivity contribution is 6.01. The molecule has 0 spiro atoms. The molecule has 4 bridgehead atoms. The Kier molecular flexibility index (Phi) is 3.10. The molecule has 0 saturated heterocycles. The van der Waals surface area contributed by atoms with Crippen molar-refractivity contribution in [3.05, 3.63) is 71.4 Å². The van der Waals surface area contributed by atoms with E-state index in [1.54, 1.807) is 0 Å². The minimum Gasteiger partial charge on any atom is -0.361 e. The van der Waals surface area contributed by atoms with E-state index < -0.39 is 0 Å². The van der Waals surface area contributed by atoms with Gasteiger partial charge in [-0.1, -0.05) is 36.4 Å². The maximum atomic E-state index is 13.9. The Hall–Kier alpha value is -2.55. The lowest BCUT2D eigenvalue weighted by Crippen LogP contribution is -2.60. The summed E-state index contributed by atoms with van der Waals surface area (Å²) >= 11 is 0. The van der Waals surface area contributed by atoms with Gasteiger partial charge in [0, 0.05) is 33.8 Å². The Labute approximate surface area is 171 Å². The largest absolute Gasteiger partial charge is 0.361 e. The smallest absolute Gasteiger partial charge is 0.255 e. The average molecular weight is 383 g/mol. The van der Waals surface area contributed by atoms with E-state index in [1.165, 1.54) is 55.0 Å². The molecule has 0 unspecified atom stereocenters. The monoisotopic (exact) mass is 382 g/mol. The van der Waals surface area contributed by atoms with Crippen molar-refractivity contribution in [3.8, 4) is 0 Å². The fraction of sp³-hybridized carbons (Fsp3) is 0.423. The SMILES string of the molecule is O=C1c2ccccc2[C@@H](c2c[nH]c3ccccc23)N1C12CC3CC(CC(C3)C1)C2. The van der Waals surface area contributed by atoms with Crippen LogP contribution in [0.2, 0.25) is 0 Å². The zero-order valence-corrected chi connectivity index (χ0v) is 16.6. The van der Waals surface area contributed by atoms with Crippen molar-refractivity contribution in [1.29, 1.82) is 0 Å². The number of hydrogen-bond donors (Lipinski definition) is 1. The molecule has 146 valence electrons. The minimum absolute atomic E-state index is 0.0334. The first kappa shape index (κ1) is 16.3. The van der Waals surface area contributed by atoms with Gasteiger partial charge in [0.15, 0.2) is 0 Å². The quantitative estimate of drug-likeness (QED) is 0.608. The molecule has 1 amide bonds. The van der Waals surface area contributed by atoms with Crippen LogP contribution < -0.4 is 0 Å². The zero-order valence-electron chi connectivity index (χ0n) is 16.6. The second-order valence-electron chi connectivity index (χ2n) is 10.1. The highest BCUT2D eigenvalue weighted by Crippen LogP contribution is 2.61. The summed E-state index contributed by atoms with van der Waals surface area (Å²) in [5, 5.41) is 1.25. The molecule has 8 rings (SSSR count). The summed E-state index contributed by atoms with van der Waals surface area (Å²) < 4.78 is 0. The standard InChI is InChI=1S/C26H26N2O/c29-25-21-7-2-1-6-20(21)24(22-15-27-23-8-4-3-5-19(22)23)28(25)26-12-16-9-17(13-26)11-18(10-16)14-26/h1-8,15-18,24,27H,9-14H2/t16?,17?,18?,24-,26?/m0/s1. The highest BCUT2D eigenvalue weighted by Gasteiger charge is 2.58. The minimum atomic E-state index is 0.0334. The number of aromatic nitrogens is 1. The Morgan fingerprint density at radius 1 is 0.828 bits per heavy atom. The van der Waals surface area contributed by atoms with Crippen LogP contribution in [-0.2, 0) is 0 Å². The number of amides is 1. The summed E-state index contributed by atoms with van der Waals surface area (Å²) in [7, 11) is 0. The van der Waals surface area contributed by atoms with Crippen LogP contribution >= 0.6 is 0 Å². The number of nitrogens with one attached hydrogen (secondary N) is 1. The number of carbonyl (C=O) groups excluding carboxylic acids is 1. The van der Waals surface area contributed by atoms with Gasteiger partial charge in [-0.25, -0.2) is 0 Å². The van der Waals surface area contributed by atoms with Crippen molar-refractivity contribution < 1.29 is 4.79 Å². The van der Waals surface area contributed by atoms with E-state index in [9.17, 15) is 4.79 Å². The molecular weight excluding hydrogens is 356 g/mol. The summed E-state index contributed by atoms with van der Waals surface area (Å²) in [6.07, 6.45) is 9.95. The Balaban J connectivity index is 1.44. The molecule has 2 aromatic carbocycles. The first-order chi connectivity index (χ1) is 14.2. The van der Waals surface area contributed by atoms with Crippen LogP contribution in [0.5, 0.6) is 0 Å². The number of rotatable bonds is 2. The van der Waals surface area contributed by atoms with Gasteiger partial charge in [-0.05, 0) is 74.0 Å². The van der Waals surface area contributed by atoms with Crippen LogP contribution in [0.15, 0.2) is 54.7 Å². The van der Waals surface area contributed by atoms with Crippen LogP contribution in [0.25, 0.3) is 10.9 Å². The number of H-pyrrole nitrogens is 1. The maximum absolute atomic E-state index is 13.9. The highest BCUT2D eigenvalue weighted by atomic mass is 16.2. The van der Waals surface area contributed by atoms with Gasteiger partial charge >= 0.3 is 0 Å².